The van der Waals surface area contributed by atoms with Gasteiger partial charge in [-0.25, -0.2) is 4.79 Å². The molecular weight excluding hydrogens is 352 g/mol. The van der Waals surface area contributed by atoms with Crippen molar-refractivity contribution in [2.75, 3.05) is 0 Å². The maximum atomic E-state index is 12.0. The number of fused-ring (bicyclic) bond motifs is 1. The van der Waals surface area contributed by atoms with Crippen LogP contribution in [0.4, 0.5) is 0 Å². The Labute approximate surface area is 162 Å². The summed E-state index contributed by atoms with van der Waals surface area (Å²) >= 11 is 0. The molecule has 2 heterocycles. The number of nitrogens with zero attached hydrogens (tertiary/aromatic N) is 4. The van der Waals surface area contributed by atoms with Crippen molar-refractivity contribution in [3.8, 4) is 11.4 Å². The van der Waals surface area contributed by atoms with Gasteiger partial charge in [0.05, 0.1) is 6.54 Å². The first-order valence-electron chi connectivity index (χ1n) is 9.33. The molecule has 0 amide bonds. The van der Waals surface area contributed by atoms with Gasteiger partial charge in [-0.1, -0.05) is 50.2 Å². The fourth-order valence-electron chi connectivity index (χ4n) is 3.25. The van der Waals surface area contributed by atoms with E-state index < -0.39 is 0 Å². The Morgan fingerprint density at radius 2 is 1.82 bits per heavy atom. The molecule has 4 aromatic rings. The van der Waals surface area contributed by atoms with Crippen LogP contribution in [0.25, 0.3) is 22.4 Å². The number of rotatable bonds is 4. The molecule has 4 rings (SSSR count). The molecule has 6 heteroatoms. The molecule has 0 fully saturated rings. The lowest BCUT2D eigenvalue weighted by Gasteiger charge is -2.08. The van der Waals surface area contributed by atoms with E-state index in [1.165, 1.54) is 16.4 Å². The van der Waals surface area contributed by atoms with Crippen molar-refractivity contribution in [1.82, 2.24) is 20.2 Å². The largest absolute Gasteiger partial charge is 0.422 e. The number of benzene rings is 2. The Bertz CT molecular complexity index is 1200. The first kappa shape index (κ1) is 18.1. The smallest absolute Gasteiger partial charge is 0.336 e. The first-order chi connectivity index (χ1) is 13.4. The topological polar surface area (TPSA) is 73.8 Å². The highest BCUT2D eigenvalue weighted by Gasteiger charge is 2.12. The van der Waals surface area contributed by atoms with E-state index in [0.717, 1.165) is 27.6 Å². The molecule has 0 saturated carbocycles. The standard InChI is InChI=1S/C22H22N4O2/c1-13(2)16-6-8-17(9-7-16)22-23-25-26(24-22)12-18-11-20(27)28-21-15(4)14(3)5-10-19(18)21/h5-11,13H,12H2,1-4H3. The van der Waals surface area contributed by atoms with Crippen LogP contribution in [0, 0.1) is 13.8 Å². The molecule has 0 atom stereocenters. The second kappa shape index (κ2) is 7.03. The zero-order chi connectivity index (χ0) is 19.8. The highest BCUT2D eigenvalue weighted by atomic mass is 16.4. The fraction of sp³-hybridized carbons (Fsp3) is 0.273. The van der Waals surface area contributed by atoms with Gasteiger partial charge in [0.1, 0.15) is 5.58 Å². The van der Waals surface area contributed by atoms with Crippen molar-refractivity contribution in [2.24, 2.45) is 0 Å². The Balaban J connectivity index is 1.68. The Hall–Kier alpha value is -3.28. The highest BCUT2D eigenvalue weighted by molar-refractivity contribution is 5.83. The normalized spacial score (nSPS) is 11.5. The summed E-state index contributed by atoms with van der Waals surface area (Å²) in [6.07, 6.45) is 0. The van der Waals surface area contributed by atoms with Gasteiger partial charge in [0.25, 0.3) is 0 Å². The molecule has 0 spiro atoms. The van der Waals surface area contributed by atoms with Gasteiger partial charge in [-0.2, -0.15) is 4.80 Å². The third-order valence-corrected chi connectivity index (χ3v) is 5.12. The molecule has 0 radical (unpaired) electrons. The lowest BCUT2D eigenvalue weighted by Crippen LogP contribution is -2.09. The van der Waals surface area contributed by atoms with Gasteiger partial charge in [-0.05, 0) is 47.2 Å². The van der Waals surface area contributed by atoms with Gasteiger partial charge in [0.15, 0.2) is 0 Å². The zero-order valence-corrected chi connectivity index (χ0v) is 16.4. The summed E-state index contributed by atoms with van der Waals surface area (Å²) in [6.45, 7) is 8.62. The lowest BCUT2D eigenvalue weighted by molar-refractivity contribution is 0.543. The molecule has 0 aliphatic heterocycles. The van der Waals surface area contributed by atoms with Crippen molar-refractivity contribution >= 4 is 11.0 Å². The number of tetrazole rings is 1. The minimum absolute atomic E-state index is 0.349. The second-order valence-corrected chi connectivity index (χ2v) is 7.39. The van der Waals surface area contributed by atoms with Gasteiger partial charge in [-0.15, -0.1) is 10.2 Å². The third-order valence-electron chi connectivity index (χ3n) is 5.12. The van der Waals surface area contributed by atoms with Crippen LogP contribution in [-0.4, -0.2) is 20.2 Å². The minimum Gasteiger partial charge on any atom is -0.422 e. The van der Waals surface area contributed by atoms with Crippen molar-refractivity contribution in [3.05, 3.63) is 75.1 Å². The van der Waals surface area contributed by atoms with Crippen LogP contribution in [-0.2, 0) is 6.54 Å². The Morgan fingerprint density at radius 1 is 1.07 bits per heavy atom. The molecule has 2 aromatic carbocycles. The van der Waals surface area contributed by atoms with Crippen LogP contribution in [0.1, 0.15) is 42.0 Å². The van der Waals surface area contributed by atoms with Gasteiger partial charge in [0, 0.05) is 17.0 Å². The van der Waals surface area contributed by atoms with Crippen LogP contribution < -0.4 is 5.63 Å². The van der Waals surface area contributed by atoms with Gasteiger partial charge < -0.3 is 4.42 Å². The number of aromatic nitrogens is 4. The molecule has 0 bridgehead atoms. The van der Waals surface area contributed by atoms with E-state index in [0.29, 0.717) is 23.9 Å². The Kier molecular flexibility index (Phi) is 4.55. The number of hydrogen-bond donors (Lipinski definition) is 0. The fourth-order valence-corrected chi connectivity index (χ4v) is 3.25. The molecule has 0 unspecified atom stereocenters. The van der Waals surface area contributed by atoms with Crippen LogP contribution in [0.5, 0.6) is 0 Å². The lowest BCUT2D eigenvalue weighted by atomic mass is 10.0. The zero-order valence-electron chi connectivity index (χ0n) is 16.4. The van der Waals surface area contributed by atoms with Gasteiger partial charge in [-0.3, -0.25) is 0 Å². The number of aryl methyl sites for hydroxylation is 2. The van der Waals surface area contributed by atoms with E-state index in [1.54, 1.807) is 0 Å². The molecule has 0 aliphatic carbocycles. The summed E-state index contributed by atoms with van der Waals surface area (Å²) in [5.41, 5.74) is 5.29. The van der Waals surface area contributed by atoms with Crippen molar-refractivity contribution < 1.29 is 4.42 Å². The van der Waals surface area contributed by atoms with Crippen molar-refractivity contribution in [2.45, 2.75) is 40.2 Å². The maximum Gasteiger partial charge on any atom is 0.336 e. The molecule has 2 aromatic heterocycles. The SMILES string of the molecule is Cc1ccc2c(Cn3nnc(-c4ccc(C(C)C)cc4)n3)cc(=O)oc2c1C. The van der Waals surface area contributed by atoms with Crippen molar-refractivity contribution in [1.29, 1.82) is 0 Å². The molecule has 142 valence electrons. The summed E-state index contributed by atoms with van der Waals surface area (Å²) < 4.78 is 5.44. The van der Waals surface area contributed by atoms with Crippen molar-refractivity contribution in [3.63, 3.8) is 0 Å². The van der Waals surface area contributed by atoms with Crippen LogP contribution in [0.3, 0.4) is 0 Å². The third kappa shape index (κ3) is 3.33. The van der Waals surface area contributed by atoms with E-state index >= 15 is 0 Å². The maximum absolute atomic E-state index is 12.0. The van der Waals surface area contributed by atoms with E-state index in [1.807, 2.05) is 38.1 Å². The summed E-state index contributed by atoms with van der Waals surface area (Å²) in [5, 5.41) is 13.7. The van der Waals surface area contributed by atoms with Gasteiger partial charge >= 0.3 is 5.63 Å². The van der Waals surface area contributed by atoms with Crippen LogP contribution in [0.2, 0.25) is 0 Å². The minimum atomic E-state index is -0.374. The molecule has 6 nitrogen and oxygen atoms in total. The monoisotopic (exact) mass is 374 g/mol. The Morgan fingerprint density at radius 3 is 2.54 bits per heavy atom. The van der Waals surface area contributed by atoms with Crippen LogP contribution in [0.15, 0.2) is 51.7 Å². The summed E-state index contributed by atoms with van der Waals surface area (Å²) in [7, 11) is 0. The van der Waals surface area contributed by atoms with Gasteiger partial charge in [0.2, 0.25) is 5.82 Å². The van der Waals surface area contributed by atoms with E-state index in [-0.39, 0.29) is 5.63 Å². The predicted molar refractivity (Wildman–Crippen MR) is 108 cm³/mol. The average molecular weight is 374 g/mol. The first-order valence-corrected chi connectivity index (χ1v) is 9.33. The average Bonchev–Trinajstić information content (AvgIpc) is 3.13. The quantitative estimate of drug-likeness (QED) is 0.500. The predicted octanol–water partition coefficient (Wildman–Crippen LogP) is 4.24. The number of hydrogen-bond acceptors (Lipinski definition) is 5. The summed E-state index contributed by atoms with van der Waals surface area (Å²) in [4.78, 5) is 13.5. The second-order valence-electron chi connectivity index (χ2n) is 7.39. The highest BCUT2D eigenvalue weighted by Crippen LogP contribution is 2.24. The molecule has 0 N–H and O–H groups in total. The van der Waals surface area contributed by atoms with E-state index in [2.05, 4.69) is 41.4 Å². The molecular formula is C22H22N4O2. The van der Waals surface area contributed by atoms with Crippen LogP contribution >= 0.6 is 0 Å². The summed E-state index contributed by atoms with van der Waals surface area (Å²) in [5.74, 6) is 1.04. The molecule has 0 saturated heterocycles. The molecule has 0 aliphatic rings. The summed E-state index contributed by atoms with van der Waals surface area (Å²) in [6, 6.07) is 13.7. The van der Waals surface area contributed by atoms with E-state index in [4.69, 9.17) is 4.42 Å². The molecule has 28 heavy (non-hydrogen) atoms. The van der Waals surface area contributed by atoms with E-state index in [9.17, 15) is 4.79 Å².